The summed E-state index contributed by atoms with van der Waals surface area (Å²) in [6.07, 6.45) is 9.28. The van der Waals surface area contributed by atoms with Crippen LogP contribution in [0.4, 0.5) is 0 Å². The van der Waals surface area contributed by atoms with Crippen LogP contribution in [0.5, 0.6) is 0 Å². The van der Waals surface area contributed by atoms with Gasteiger partial charge in [-0.2, -0.15) is 0 Å². The zero-order chi connectivity index (χ0) is 12.4. The minimum atomic E-state index is 0.187. The number of epoxide rings is 1. The largest absolute Gasteiger partial charge is 0.369 e. The molecular formula is C17H24O. The van der Waals surface area contributed by atoms with Gasteiger partial charge in [0.2, 0.25) is 0 Å². The van der Waals surface area contributed by atoms with Crippen LogP contribution in [0.3, 0.4) is 0 Å². The molecule has 1 saturated heterocycles. The Labute approximate surface area is 111 Å². The van der Waals surface area contributed by atoms with E-state index >= 15 is 0 Å². The van der Waals surface area contributed by atoms with Crippen molar-refractivity contribution in [3.63, 3.8) is 0 Å². The van der Waals surface area contributed by atoms with Crippen molar-refractivity contribution in [1.29, 1.82) is 0 Å². The number of benzene rings is 1. The van der Waals surface area contributed by atoms with Crippen molar-refractivity contribution in [2.75, 3.05) is 6.61 Å². The van der Waals surface area contributed by atoms with Crippen LogP contribution in [0.2, 0.25) is 0 Å². The quantitative estimate of drug-likeness (QED) is 0.713. The molecule has 3 rings (SSSR count). The smallest absolute Gasteiger partial charge is 0.0954 e. The van der Waals surface area contributed by atoms with E-state index in [1.807, 2.05) is 0 Å². The number of ether oxygens (including phenoxy) is 1. The maximum atomic E-state index is 5.60. The van der Waals surface area contributed by atoms with E-state index in [1.54, 1.807) is 5.56 Å². The van der Waals surface area contributed by atoms with E-state index in [4.69, 9.17) is 4.74 Å². The van der Waals surface area contributed by atoms with Crippen LogP contribution < -0.4 is 0 Å². The molecule has 1 aliphatic carbocycles. The second-order valence-corrected chi connectivity index (χ2v) is 6.08. The van der Waals surface area contributed by atoms with Crippen molar-refractivity contribution >= 4 is 0 Å². The minimum Gasteiger partial charge on any atom is -0.369 e. The van der Waals surface area contributed by atoms with E-state index in [2.05, 4.69) is 31.2 Å². The van der Waals surface area contributed by atoms with Gasteiger partial charge < -0.3 is 4.74 Å². The average Bonchev–Trinajstić information content (AvgIpc) is 3.21. The Balaban J connectivity index is 1.65. The van der Waals surface area contributed by atoms with E-state index in [0.717, 1.165) is 25.4 Å². The van der Waals surface area contributed by atoms with Gasteiger partial charge in [0.1, 0.15) is 0 Å². The van der Waals surface area contributed by atoms with Crippen LogP contribution in [-0.2, 0) is 11.2 Å². The van der Waals surface area contributed by atoms with Gasteiger partial charge in [-0.1, -0.05) is 50.5 Å². The predicted molar refractivity (Wildman–Crippen MR) is 74.9 cm³/mol. The summed E-state index contributed by atoms with van der Waals surface area (Å²) >= 11 is 0. The Bertz CT molecular complexity index is 383. The molecule has 0 amide bonds. The fraction of sp³-hybridized carbons (Fsp3) is 0.647. The fourth-order valence-electron chi connectivity index (χ4n) is 3.25. The predicted octanol–water partition coefficient (Wildman–Crippen LogP) is 4.46. The molecule has 0 radical (unpaired) electrons. The topological polar surface area (TPSA) is 12.5 Å². The normalized spacial score (nSPS) is 28.3. The van der Waals surface area contributed by atoms with Gasteiger partial charge in [0.25, 0.3) is 0 Å². The van der Waals surface area contributed by atoms with Gasteiger partial charge in [-0.05, 0) is 36.3 Å². The van der Waals surface area contributed by atoms with Gasteiger partial charge in [-0.25, -0.2) is 0 Å². The van der Waals surface area contributed by atoms with Gasteiger partial charge in [0.05, 0.1) is 12.2 Å². The summed E-state index contributed by atoms with van der Waals surface area (Å²) in [6.45, 7) is 3.18. The molecule has 18 heavy (non-hydrogen) atoms. The summed E-state index contributed by atoms with van der Waals surface area (Å²) in [7, 11) is 0. The van der Waals surface area contributed by atoms with Crippen molar-refractivity contribution in [1.82, 2.24) is 0 Å². The molecule has 1 nitrogen and oxygen atoms in total. The summed E-state index contributed by atoms with van der Waals surface area (Å²) in [5.74, 6) is 0.824. The summed E-state index contributed by atoms with van der Waals surface area (Å²) in [5.41, 5.74) is 3.18. The molecule has 0 bridgehead atoms. The lowest BCUT2D eigenvalue weighted by molar-refractivity contribution is 0.294. The van der Waals surface area contributed by atoms with Gasteiger partial charge in [0, 0.05) is 6.42 Å². The van der Waals surface area contributed by atoms with Crippen LogP contribution in [0, 0.1) is 0 Å². The van der Waals surface area contributed by atoms with Gasteiger partial charge in [-0.3, -0.25) is 0 Å². The molecule has 1 unspecified atom stereocenters. The summed E-state index contributed by atoms with van der Waals surface area (Å²) in [5, 5.41) is 0. The Kier molecular flexibility index (Phi) is 3.43. The highest BCUT2D eigenvalue weighted by Gasteiger charge is 2.42. The third-order valence-electron chi connectivity index (χ3n) is 4.78. The fourth-order valence-corrected chi connectivity index (χ4v) is 3.25. The van der Waals surface area contributed by atoms with Gasteiger partial charge in [-0.15, -0.1) is 0 Å². The molecule has 2 fully saturated rings. The van der Waals surface area contributed by atoms with Crippen molar-refractivity contribution in [2.45, 2.75) is 63.4 Å². The molecule has 0 N–H and O–H groups in total. The van der Waals surface area contributed by atoms with Crippen LogP contribution >= 0.6 is 0 Å². The maximum Gasteiger partial charge on any atom is 0.0954 e. The molecule has 2 aliphatic rings. The molecule has 0 spiro atoms. The van der Waals surface area contributed by atoms with E-state index in [1.165, 1.54) is 37.7 Å². The standard InChI is InChI=1S/C17H24O/c1-2-17(13-18-17)12-14-8-10-16(11-9-14)15-6-4-3-5-7-15/h8-11,15H,2-7,12-13H2,1H3. The Morgan fingerprint density at radius 1 is 1.11 bits per heavy atom. The van der Waals surface area contributed by atoms with Crippen LogP contribution in [-0.4, -0.2) is 12.2 Å². The van der Waals surface area contributed by atoms with E-state index in [0.29, 0.717) is 0 Å². The molecule has 1 aliphatic heterocycles. The number of rotatable bonds is 4. The summed E-state index contributed by atoms with van der Waals surface area (Å²) < 4.78 is 5.60. The molecule has 1 saturated carbocycles. The molecule has 1 aromatic rings. The van der Waals surface area contributed by atoms with E-state index < -0.39 is 0 Å². The molecule has 1 atom stereocenters. The molecule has 1 heteroatoms. The van der Waals surface area contributed by atoms with E-state index in [9.17, 15) is 0 Å². The van der Waals surface area contributed by atoms with Gasteiger partial charge >= 0.3 is 0 Å². The highest BCUT2D eigenvalue weighted by molar-refractivity contribution is 5.27. The van der Waals surface area contributed by atoms with Crippen LogP contribution in [0.25, 0.3) is 0 Å². The van der Waals surface area contributed by atoms with Crippen molar-refractivity contribution in [3.8, 4) is 0 Å². The third kappa shape index (κ3) is 2.61. The average molecular weight is 244 g/mol. The summed E-state index contributed by atoms with van der Waals surface area (Å²) in [4.78, 5) is 0. The second kappa shape index (κ2) is 5.05. The first-order valence-electron chi connectivity index (χ1n) is 7.54. The molecular weight excluding hydrogens is 220 g/mol. The zero-order valence-electron chi connectivity index (χ0n) is 11.5. The third-order valence-corrected chi connectivity index (χ3v) is 4.78. The Morgan fingerprint density at radius 2 is 1.78 bits per heavy atom. The SMILES string of the molecule is CCC1(Cc2ccc(C3CCCCC3)cc2)CO1. The van der Waals surface area contributed by atoms with Crippen LogP contribution in [0.1, 0.15) is 62.5 Å². The summed E-state index contributed by atoms with van der Waals surface area (Å²) in [6, 6.07) is 9.36. The lowest BCUT2D eigenvalue weighted by atomic mass is 9.83. The first kappa shape index (κ1) is 12.2. The van der Waals surface area contributed by atoms with E-state index in [-0.39, 0.29) is 5.60 Å². The first-order chi connectivity index (χ1) is 8.81. The molecule has 1 aromatic carbocycles. The first-order valence-corrected chi connectivity index (χ1v) is 7.54. The highest BCUT2D eigenvalue weighted by atomic mass is 16.6. The lowest BCUT2D eigenvalue weighted by Crippen LogP contribution is -2.13. The Morgan fingerprint density at radius 3 is 2.33 bits per heavy atom. The maximum absolute atomic E-state index is 5.60. The zero-order valence-corrected chi connectivity index (χ0v) is 11.5. The molecule has 98 valence electrons. The molecule has 1 heterocycles. The monoisotopic (exact) mass is 244 g/mol. The van der Waals surface area contributed by atoms with Crippen molar-refractivity contribution in [2.24, 2.45) is 0 Å². The van der Waals surface area contributed by atoms with Crippen molar-refractivity contribution < 1.29 is 4.74 Å². The molecule has 0 aromatic heterocycles. The van der Waals surface area contributed by atoms with Crippen LogP contribution in [0.15, 0.2) is 24.3 Å². The highest BCUT2D eigenvalue weighted by Crippen LogP contribution is 2.36. The van der Waals surface area contributed by atoms with Gasteiger partial charge in [0.15, 0.2) is 0 Å². The number of hydrogen-bond donors (Lipinski definition) is 0. The minimum absolute atomic E-state index is 0.187. The lowest BCUT2D eigenvalue weighted by Gasteiger charge is -2.22. The number of hydrogen-bond acceptors (Lipinski definition) is 1. The Hall–Kier alpha value is -0.820. The second-order valence-electron chi connectivity index (χ2n) is 6.08. The van der Waals surface area contributed by atoms with Crippen molar-refractivity contribution in [3.05, 3.63) is 35.4 Å².